The minimum atomic E-state index is -4.09. The van der Waals surface area contributed by atoms with Gasteiger partial charge in [0.1, 0.15) is 9.85 Å². The van der Waals surface area contributed by atoms with Crippen LogP contribution in [0.3, 0.4) is 0 Å². The lowest BCUT2D eigenvalue weighted by Crippen LogP contribution is -2.56. The normalized spacial score (nSPS) is 11.2. The van der Waals surface area contributed by atoms with Crippen LogP contribution in [0.2, 0.25) is 0 Å². The molecule has 0 amide bonds. The number of rotatable bonds is 7. The van der Waals surface area contributed by atoms with Crippen molar-refractivity contribution >= 4 is 0 Å². The Hall–Kier alpha value is -4.18. The SMILES string of the molecule is N[N+](=O)[O-].O=[N+]([O-])OC(C(c1ccccc1)[N+](=O)[O-])([N+](=O)[O-])[N+](=O)[O-]. The molecule has 2 N–H and O–H groups in total. The molecule has 0 fully saturated rings. The number of nitrogens with two attached hydrogens (primary N) is 1. The van der Waals surface area contributed by atoms with Crippen molar-refractivity contribution in [3.8, 4) is 0 Å². The van der Waals surface area contributed by atoms with Crippen LogP contribution in [0.25, 0.3) is 0 Å². The van der Waals surface area contributed by atoms with Crippen molar-refractivity contribution < 1.29 is 29.7 Å². The summed E-state index contributed by atoms with van der Waals surface area (Å²) in [5.41, 5.74) is -0.488. The summed E-state index contributed by atoms with van der Waals surface area (Å²) in [6, 6.07) is 3.10. The molecule has 1 unspecified atom stereocenters. The second-order valence-corrected chi connectivity index (χ2v) is 3.87. The first-order chi connectivity index (χ1) is 11.5. The molecule has 0 aliphatic rings. The predicted octanol–water partition coefficient (Wildman–Crippen LogP) is -0.443. The molecule has 0 radical (unpaired) electrons. The lowest BCUT2D eigenvalue weighted by Gasteiger charge is -2.17. The van der Waals surface area contributed by atoms with Crippen LogP contribution in [0, 0.1) is 50.6 Å². The van der Waals surface area contributed by atoms with E-state index in [-0.39, 0.29) is 0 Å². The Kier molecular flexibility index (Phi) is 7.04. The van der Waals surface area contributed by atoms with Crippen LogP contribution in [0.5, 0.6) is 0 Å². The van der Waals surface area contributed by atoms with Gasteiger partial charge in [-0.2, -0.15) is 10.7 Å². The topological polar surface area (TPSA) is 251 Å². The molecule has 0 heterocycles. The minimum Gasteiger partial charge on any atom is -0.263 e. The largest absolute Gasteiger partial charge is 0.686 e. The van der Waals surface area contributed by atoms with Crippen molar-refractivity contribution in [3.05, 3.63) is 86.5 Å². The van der Waals surface area contributed by atoms with E-state index in [2.05, 4.69) is 10.7 Å². The van der Waals surface area contributed by atoms with Gasteiger partial charge in [-0.25, -0.2) is 10.1 Å². The molecule has 1 aromatic carbocycles. The van der Waals surface area contributed by atoms with Crippen molar-refractivity contribution in [2.24, 2.45) is 5.84 Å². The summed E-state index contributed by atoms with van der Waals surface area (Å²) < 4.78 is 0. The fourth-order valence-corrected chi connectivity index (χ4v) is 1.60. The Bertz CT molecular complexity index is 660. The Morgan fingerprint density at radius 2 is 1.28 bits per heavy atom. The number of nitrogens with zero attached hydrogens (tertiary/aromatic N) is 5. The summed E-state index contributed by atoms with van der Waals surface area (Å²) in [6.45, 7) is 0. The van der Waals surface area contributed by atoms with E-state index < -0.39 is 42.3 Å². The van der Waals surface area contributed by atoms with Crippen LogP contribution in [0.4, 0.5) is 0 Å². The Morgan fingerprint density at radius 3 is 1.56 bits per heavy atom. The molecular weight excluding hydrogens is 356 g/mol. The molecule has 0 aliphatic heterocycles. The average molecular weight is 364 g/mol. The van der Waals surface area contributed by atoms with Crippen molar-refractivity contribution in [2.75, 3.05) is 0 Å². The molecule has 0 bridgehead atoms. The van der Waals surface area contributed by atoms with Crippen LogP contribution in [-0.4, -0.2) is 30.7 Å². The van der Waals surface area contributed by atoms with Gasteiger partial charge in [0.25, 0.3) is 0 Å². The van der Waals surface area contributed by atoms with E-state index in [1.54, 1.807) is 0 Å². The maximum Gasteiger partial charge on any atom is 0.686 e. The molecule has 0 spiro atoms. The van der Waals surface area contributed by atoms with E-state index in [0.717, 1.165) is 12.1 Å². The highest BCUT2D eigenvalue weighted by molar-refractivity contribution is 5.18. The van der Waals surface area contributed by atoms with Crippen molar-refractivity contribution in [1.82, 2.24) is 0 Å². The van der Waals surface area contributed by atoms with Crippen LogP contribution in [0.15, 0.2) is 30.3 Å². The predicted molar refractivity (Wildman–Crippen MR) is 72.2 cm³/mol. The fourth-order valence-electron chi connectivity index (χ4n) is 1.60. The molecule has 17 nitrogen and oxygen atoms in total. The van der Waals surface area contributed by atoms with E-state index in [9.17, 15) is 40.5 Å². The Morgan fingerprint density at radius 1 is 0.880 bits per heavy atom. The Labute approximate surface area is 135 Å². The van der Waals surface area contributed by atoms with Gasteiger partial charge in [0, 0.05) is 10.5 Å². The monoisotopic (exact) mass is 364 g/mol. The number of hydrogen-bond donors (Lipinski definition) is 1. The first-order valence-corrected chi connectivity index (χ1v) is 5.66. The zero-order valence-electron chi connectivity index (χ0n) is 11.8. The van der Waals surface area contributed by atoms with Gasteiger partial charge in [-0.05, 0) is 0 Å². The van der Waals surface area contributed by atoms with E-state index in [1.165, 1.54) is 18.2 Å². The van der Waals surface area contributed by atoms with Gasteiger partial charge in [-0.15, -0.1) is 10.1 Å². The highest BCUT2D eigenvalue weighted by Gasteiger charge is 2.76. The quantitative estimate of drug-likeness (QED) is 0.279. The van der Waals surface area contributed by atoms with Gasteiger partial charge >= 0.3 is 17.0 Å². The lowest BCUT2D eigenvalue weighted by molar-refractivity contribution is -0.983. The van der Waals surface area contributed by atoms with E-state index in [1.807, 2.05) is 0 Å². The van der Waals surface area contributed by atoms with Gasteiger partial charge in [0.15, 0.2) is 5.03 Å². The van der Waals surface area contributed by atoms with Crippen LogP contribution < -0.4 is 5.84 Å². The number of benzene rings is 1. The standard InChI is InChI=1S/C8H6N4O9.H2N2O2/c13-9(14)7(6-4-2-1-3-5-6)8(10(15)16,11(17)18)21-12(19)20;1-2(3)4/h1-5,7H;1H2. The third-order valence-corrected chi connectivity index (χ3v) is 2.41. The number of nitro groups is 4. The van der Waals surface area contributed by atoms with Crippen LogP contribution in [-0.2, 0) is 4.84 Å². The third kappa shape index (κ3) is 5.19. The Balaban J connectivity index is 0.00000129. The van der Waals surface area contributed by atoms with Crippen LogP contribution >= 0.6 is 0 Å². The highest BCUT2D eigenvalue weighted by atomic mass is 17.0. The molecule has 0 aromatic heterocycles. The van der Waals surface area contributed by atoms with Gasteiger partial charge in [0.05, 0.1) is 0 Å². The molecule has 0 saturated carbocycles. The molecule has 136 valence electrons. The first-order valence-electron chi connectivity index (χ1n) is 5.66. The van der Waals surface area contributed by atoms with Crippen molar-refractivity contribution in [3.63, 3.8) is 0 Å². The molecule has 25 heavy (non-hydrogen) atoms. The van der Waals surface area contributed by atoms with E-state index in [4.69, 9.17) is 10.1 Å². The fraction of sp³-hybridized carbons (Fsp3) is 0.250. The van der Waals surface area contributed by atoms with Gasteiger partial charge < -0.3 is 0 Å². The molecule has 0 saturated heterocycles. The average Bonchev–Trinajstić information content (AvgIpc) is 2.45. The van der Waals surface area contributed by atoms with Crippen LogP contribution in [0.1, 0.15) is 11.6 Å². The maximum absolute atomic E-state index is 11.0. The zero-order chi connectivity index (χ0) is 19.8. The molecular formula is C8H8N6O11. The third-order valence-electron chi connectivity index (χ3n) is 2.41. The molecule has 17 heteroatoms. The summed E-state index contributed by atoms with van der Waals surface area (Å²) in [6.07, 6.45) is 0. The zero-order valence-corrected chi connectivity index (χ0v) is 11.8. The second-order valence-electron chi connectivity index (χ2n) is 3.87. The first kappa shape index (κ1) is 20.8. The number of hydrogen-bond acceptors (Lipinski definition) is 11. The molecule has 0 aliphatic carbocycles. The molecule has 1 atom stereocenters. The summed E-state index contributed by atoms with van der Waals surface area (Å²) in [5, 5.41) is 49.0. The minimum absolute atomic E-state index is 0.488. The van der Waals surface area contributed by atoms with E-state index >= 15 is 0 Å². The smallest absolute Gasteiger partial charge is 0.263 e. The van der Waals surface area contributed by atoms with E-state index in [0.29, 0.717) is 0 Å². The summed E-state index contributed by atoms with van der Waals surface area (Å²) in [4.78, 5) is 50.4. The highest BCUT2D eigenvalue weighted by Crippen LogP contribution is 2.33. The van der Waals surface area contributed by atoms with Gasteiger partial charge in [0.2, 0.25) is 0 Å². The van der Waals surface area contributed by atoms with Gasteiger partial charge in [-0.3, -0.25) is 30.3 Å². The summed E-state index contributed by atoms with van der Waals surface area (Å²) in [7, 11) is 0. The lowest BCUT2D eigenvalue weighted by atomic mass is 10.0. The number of hydrazine groups is 1. The van der Waals surface area contributed by atoms with Gasteiger partial charge in [-0.1, -0.05) is 30.3 Å². The second kappa shape index (κ2) is 8.45. The molecule has 1 rings (SSSR count). The van der Waals surface area contributed by atoms with Crippen molar-refractivity contribution in [2.45, 2.75) is 11.9 Å². The molecule has 1 aromatic rings. The summed E-state index contributed by atoms with van der Waals surface area (Å²) in [5.74, 6) is -0.256. The maximum atomic E-state index is 11.0. The van der Waals surface area contributed by atoms with Crippen molar-refractivity contribution in [1.29, 1.82) is 0 Å². The summed E-state index contributed by atoms with van der Waals surface area (Å²) >= 11 is 0.